The minimum Gasteiger partial charge on any atom is -0.354 e. The van der Waals surface area contributed by atoms with Gasteiger partial charge in [0.05, 0.1) is 6.33 Å². The van der Waals surface area contributed by atoms with Crippen LogP contribution in [-0.4, -0.2) is 26.6 Å². The molecule has 5 nitrogen and oxygen atoms in total. The second kappa shape index (κ2) is 7.67. The fraction of sp³-hybridized carbons (Fsp3) is 0.500. The van der Waals surface area contributed by atoms with Gasteiger partial charge >= 0.3 is 0 Å². The number of imidazole rings is 1. The number of rotatable bonds is 8. The van der Waals surface area contributed by atoms with Crippen LogP contribution in [0, 0.1) is 5.92 Å². The minimum absolute atomic E-state index is 0.102. The molecule has 2 heterocycles. The molecule has 2 aromatic rings. The van der Waals surface area contributed by atoms with Gasteiger partial charge in [-0.05, 0) is 30.9 Å². The number of carbonyl (C=O) groups excluding carboxylic acids is 1. The van der Waals surface area contributed by atoms with Crippen LogP contribution in [0.3, 0.4) is 0 Å². The molecule has 0 spiro atoms. The third-order valence-corrected chi connectivity index (χ3v) is 3.44. The van der Waals surface area contributed by atoms with Gasteiger partial charge in [0.1, 0.15) is 6.04 Å². The van der Waals surface area contributed by atoms with Gasteiger partial charge in [-0.25, -0.2) is 4.98 Å². The predicted molar refractivity (Wildman–Crippen MR) is 82.8 cm³/mol. The summed E-state index contributed by atoms with van der Waals surface area (Å²) in [6, 6.07) is 3.80. The minimum atomic E-state index is -0.117. The Kier molecular flexibility index (Phi) is 5.60. The molecule has 0 bridgehead atoms. The van der Waals surface area contributed by atoms with E-state index >= 15 is 0 Å². The van der Waals surface area contributed by atoms with Gasteiger partial charge in [0, 0.05) is 37.9 Å². The lowest BCUT2D eigenvalue weighted by Gasteiger charge is -2.20. The number of hydrogen-bond acceptors (Lipinski definition) is 2. The SMILES string of the molecule is CC(C)CC(C(=O)NCCCn1ccnc1)n1cccc1. The molecule has 2 rings (SSSR count). The van der Waals surface area contributed by atoms with Crippen molar-refractivity contribution >= 4 is 5.91 Å². The Labute approximate surface area is 126 Å². The Bertz CT molecular complexity index is 516. The van der Waals surface area contributed by atoms with E-state index in [1.165, 1.54) is 0 Å². The van der Waals surface area contributed by atoms with Crippen molar-refractivity contribution in [1.82, 2.24) is 19.4 Å². The number of hydrogen-bond donors (Lipinski definition) is 1. The number of aromatic nitrogens is 3. The first-order valence-electron chi connectivity index (χ1n) is 7.52. The van der Waals surface area contributed by atoms with Crippen LogP contribution in [0.2, 0.25) is 0 Å². The van der Waals surface area contributed by atoms with E-state index in [1.54, 1.807) is 12.5 Å². The van der Waals surface area contributed by atoms with Gasteiger partial charge in [-0.2, -0.15) is 0 Å². The fourth-order valence-corrected chi connectivity index (χ4v) is 2.38. The van der Waals surface area contributed by atoms with Crippen molar-refractivity contribution in [2.45, 2.75) is 39.3 Å². The van der Waals surface area contributed by atoms with Crippen LogP contribution in [0.5, 0.6) is 0 Å². The highest BCUT2D eigenvalue weighted by atomic mass is 16.2. The zero-order chi connectivity index (χ0) is 15.1. The third kappa shape index (κ3) is 4.77. The maximum absolute atomic E-state index is 12.4. The predicted octanol–water partition coefficient (Wildman–Crippen LogP) is 2.48. The first-order valence-corrected chi connectivity index (χ1v) is 7.52. The average Bonchev–Trinajstić information content (AvgIpc) is 3.13. The van der Waals surface area contributed by atoms with Crippen LogP contribution in [0.15, 0.2) is 43.2 Å². The highest BCUT2D eigenvalue weighted by Crippen LogP contribution is 2.18. The summed E-state index contributed by atoms with van der Waals surface area (Å²) in [4.78, 5) is 16.4. The quantitative estimate of drug-likeness (QED) is 0.759. The number of nitrogens with zero attached hydrogens (tertiary/aromatic N) is 3. The molecule has 0 saturated heterocycles. The molecule has 21 heavy (non-hydrogen) atoms. The van der Waals surface area contributed by atoms with Crippen molar-refractivity contribution in [1.29, 1.82) is 0 Å². The Balaban J connectivity index is 1.81. The third-order valence-electron chi connectivity index (χ3n) is 3.44. The molecule has 0 aliphatic carbocycles. The highest BCUT2D eigenvalue weighted by Gasteiger charge is 2.20. The van der Waals surface area contributed by atoms with Crippen LogP contribution in [-0.2, 0) is 11.3 Å². The number of amides is 1. The van der Waals surface area contributed by atoms with Crippen molar-refractivity contribution in [3.8, 4) is 0 Å². The lowest BCUT2D eigenvalue weighted by molar-refractivity contribution is -0.124. The van der Waals surface area contributed by atoms with Gasteiger partial charge in [-0.1, -0.05) is 13.8 Å². The molecule has 114 valence electrons. The standard InChI is InChI=1S/C16H24N4O/c1-14(2)12-15(20-9-3-4-10-20)16(21)18-6-5-8-19-11-7-17-13-19/h3-4,7,9-11,13-15H,5-6,8,12H2,1-2H3,(H,18,21). The molecule has 0 saturated carbocycles. The Morgan fingerprint density at radius 2 is 2.00 bits per heavy atom. The van der Waals surface area contributed by atoms with Gasteiger partial charge in [0.2, 0.25) is 5.91 Å². The summed E-state index contributed by atoms with van der Waals surface area (Å²) >= 11 is 0. The maximum Gasteiger partial charge on any atom is 0.243 e. The second-order valence-corrected chi connectivity index (χ2v) is 5.72. The number of nitrogens with one attached hydrogen (secondary N) is 1. The number of carbonyl (C=O) groups is 1. The molecule has 5 heteroatoms. The highest BCUT2D eigenvalue weighted by molar-refractivity contribution is 5.80. The second-order valence-electron chi connectivity index (χ2n) is 5.72. The summed E-state index contributed by atoms with van der Waals surface area (Å²) < 4.78 is 4.01. The molecule has 1 atom stereocenters. The monoisotopic (exact) mass is 288 g/mol. The largest absolute Gasteiger partial charge is 0.354 e. The van der Waals surface area contributed by atoms with E-state index in [-0.39, 0.29) is 11.9 Å². The lowest BCUT2D eigenvalue weighted by Crippen LogP contribution is -2.33. The summed E-state index contributed by atoms with van der Waals surface area (Å²) in [5, 5.41) is 3.05. The summed E-state index contributed by atoms with van der Waals surface area (Å²) in [5.41, 5.74) is 0. The molecular formula is C16H24N4O. The van der Waals surface area contributed by atoms with E-state index in [4.69, 9.17) is 0 Å². The zero-order valence-electron chi connectivity index (χ0n) is 12.8. The summed E-state index contributed by atoms with van der Waals surface area (Å²) in [7, 11) is 0. The molecule has 2 aromatic heterocycles. The molecule has 1 N–H and O–H groups in total. The van der Waals surface area contributed by atoms with Crippen molar-refractivity contribution in [3.63, 3.8) is 0 Å². The zero-order valence-corrected chi connectivity index (χ0v) is 12.8. The van der Waals surface area contributed by atoms with E-state index in [9.17, 15) is 4.79 Å². The molecule has 1 unspecified atom stereocenters. The van der Waals surface area contributed by atoms with Crippen molar-refractivity contribution in [3.05, 3.63) is 43.2 Å². The first-order chi connectivity index (χ1) is 10.2. The van der Waals surface area contributed by atoms with E-state index < -0.39 is 0 Å². The normalized spacial score (nSPS) is 12.5. The van der Waals surface area contributed by atoms with Crippen LogP contribution < -0.4 is 5.32 Å². The molecule has 0 aliphatic heterocycles. The average molecular weight is 288 g/mol. The van der Waals surface area contributed by atoms with Crippen LogP contribution >= 0.6 is 0 Å². The fourth-order valence-electron chi connectivity index (χ4n) is 2.38. The molecular weight excluding hydrogens is 264 g/mol. The van der Waals surface area contributed by atoms with Gasteiger partial charge in [0.15, 0.2) is 0 Å². The van der Waals surface area contributed by atoms with Crippen molar-refractivity contribution < 1.29 is 4.79 Å². The molecule has 0 aliphatic rings. The van der Waals surface area contributed by atoms with E-state index in [0.717, 1.165) is 19.4 Å². The molecule has 1 amide bonds. The van der Waals surface area contributed by atoms with Crippen LogP contribution in [0.1, 0.15) is 32.7 Å². The topological polar surface area (TPSA) is 51.9 Å². The van der Waals surface area contributed by atoms with Gasteiger partial charge in [0.25, 0.3) is 0 Å². The Hall–Kier alpha value is -2.04. The van der Waals surface area contributed by atoms with E-state index in [0.29, 0.717) is 12.5 Å². The van der Waals surface area contributed by atoms with Crippen molar-refractivity contribution in [2.75, 3.05) is 6.54 Å². The van der Waals surface area contributed by atoms with Gasteiger partial charge in [-0.3, -0.25) is 4.79 Å². The van der Waals surface area contributed by atoms with Gasteiger partial charge in [-0.15, -0.1) is 0 Å². The van der Waals surface area contributed by atoms with Crippen LogP contribution in [0.4, 0.5) is 0 Å². The molecule has 0 aromatic carbocycles. The van der Waals surface area contributed by atoms with Crippen LogP contribution in [0.25, 0.3) is 0 Å². The lowest BCUT2D eigenvalue weighted by atomic mass is 10.0. The smallest absolute Gasteiger partial charge is 0.243 e. The molecule has 0 fully saturated rings. The number of aryl methyl sites for hydroxylation is 1. The Morgan fingerprint density at radius 1 is 1.24 bits per heavy atom. The summed E-state index contributed by atoms with van der Waals surface area (Å²) in [6.07, 6.45) is 11.2. The van der Waals surface area contributed by atoms with Gasteiger partial charge < -0.3 is 14.5 Å². The molecule has 0 radical (unpaired) electrons. The van der Waals surface area contributed by atoms with E-state index in [1.807, 2.05) is 39.9 Å². The first kappa shape index (κ1) is 15.4. The van der Waals surface area contributed by atoms with E-state index in [2.05, 4.69) is 24.1 Å². The summed E-state index contributed by atoms with van der Waals surface area (Å²) in [6.45, 7) is 5.84. The summed E-state index contributed by atoms with van der Waals surface area (Å²) in [5.74, 6) is 0.583. The Morgan fingerprint density at radius 3 is 2.62 bits per heavy atom. The van der Waals surface area contributed by atoms with Crippen molar-refractivity contribution in [2.24, 2.45) is 5.92 Å². The maximum atomic E-state index is 12.4.